The van der Waals surface area contributed by atoms with E-state index in [1.165, 1.54) is 30.5 Å². The molecule has 4 nitrogen and oxygen atoms in total. The smallest absolute Gasteiger partial charge is 0.316 e. The summed E-state index contributed by atoms with van der Waals surface area (Å²) in [5.74, 6) is 0.374. The molecule has 0 spiro atoms. The topological polar surface area (TPSA) is 42.1 Å². The molecule has 2 fully saturated rings. The van der Waals surface area contributed by atoms with Gasteiger partial charge in [-0.05, 0) is 51.0 Å². The fourth-order valence-electron chi connectivity index (χ4n) is 4.36. The molecule has 4 unspecified atom stereocenters. The molecule has 1 saturated carbocycles. The number of ether oxygens (including phenoxy) is 2. The number of epoxide rings is 1. The molecule has 1 saturated heterocycles. The lowest BCUT2D eigenvalue weighted by Gasteiger charge is -2.37. The summed E-state index contributed by atoms with van der Waals surface area (Å²) in [6.45, 7) is 5.42. The predicted molar refractivity (Wildman–Crippen MR) is 78.2 cm³/mol. The Hall–Kier alpha value is -1.29. The molecule has 0 radical (unpaired) electrons. The van der Waals surface area contributed by atoms with Gasteiger partial charge in [0.25, 0.3) is 0 Å². The molecule has 0 amide bonds. The third kappa shape index (κ3) is 1.95. The first kappa shape index (κ1) is 13.4. The maximum absolute atomic E-state index is 12.4. The molecule has 0 aromatic rings. The average molecular weight is 289 g/mol. The first-order valence-electron chi connectivity index (χ1n) is 8.26. The number of hydrogen-bond acceptors (Lipinski definition) is 4. The largest absolute Gasteiger partial charge is 0.465 e. The summed E-state index contributed by atoms with van der Waals surface area (Å²) in [5.41, 5.74) is 4.06. The number of allylic oxidation sites excluding steroid dienone is 3. The van der Waals surface area contributed by atoms with Gasteiger partial charge in [-0.25, -0.2) is 0 Å². The van der Waals surface area contributed by atoms with E-state index in [1.54, 1.807) is 5.57 Å². The van der Waals surface area contributed by atoms with Crippen molar-refractivity contribution in [3.8, 4) is 0 Å². The van der Waals surface area contributed by atoms with Crippen molar-refractivity contribution in [2.45, 2.75) is 51.9 Å². The van der Waals surface area contributed by atoms with Crippen LogP contribution in [-0.2, 0) is 14.3 Å². The van der Waals surface area contributed by atoms with Crippen LogP contribution >= 0.6 is 0 Å². The number of likely N-dealkylation sites (N-methyl/N-ethyl adjacent to an activating group) is 1. The van der Waals surface area contributed by atoms with Gasteiger partial charge in [0.05, 0.1) is 6.61 Å². The van der Waals surface area contributed by atoms with Crippen molar-refractivity contribution in [3.05, 3.63) is 22.9 Å². The zero-order valence-corrected chi connectivity index (χ0v) is 12.8. The minimum atomic E-state index is -0.207. The van der Waals surface area contributed by atoms with Gasteiger partial charge in [-0.15, -0.1) is 0 Å². The monoisotopic (exact) mass is 289 g/mol. The van der Waals surface area contributed by atoms with Gasteiger partial charge in [0.1, 0.15) is 12.0 Å². The van der Waals surface area contributed by atoms with E-state index < -0.39 is 0 Å². The minimum absolute atomic E-state index is 0.00227. The van der Waals surface area contributed by atoms with Crippen molar-refractivity contribution in [2.75, 3.05) is 13.2 Å². The lowest BCUT2D eigenvalue weighted by atomic mass is 9.79. The summed E-state index contributed by atoms with van der Waals surface area (Å²) in [7, 11) is 0. The van der Waals surface area contributed by atoms with Crippen LogP contribution in [0, 0.1) is 11.8 Å². The van der Waals surface area contributed by atoms with Crippen molar-refractivity contribution in [3.63, 3.8) is 0 Å². The van der Waals surface area contributed by atoms with Gasteiger partial charge < -0.3 is 14.4 Å². The summed E-state index contributed by atoms with van der Waals surface area (Å²) < 4.78 is 11.1. The van der Waals surface area contributed by atoms with Crippen LogP contribution < -0.4 is 0 Å². The highest BCUT2D eigenvalue weighted by Crippen LogP contribution is 2.51. The number of carbonyl (C=O) groups is 1. The van der Waals surface area contributed by atoms with Crippen LogP contribution in [0.2, 0.25) is 0 Å². The number of nitrogens with zero attached hydrogens (tertiary/aromatic N) is 1. The van der Waals surface area contributed by atoms with E-state index in [0.29, 0.717) is 12.5 Å². The van der Waals surface area contributed by atoms with E-state index in [1.807, 2.05) is 6.92 Å². The molecule has 114 valence electrons. The van der Waals surface area contributed by atoms with Gasteiger partial charge in [-0.1, -0.05) is 11.6 Å². The standard InChI is InChI=1S/C17H23NO3/c1-3-18-13-9-11-7-5-6-10(11)8-12(13)14(15-16(18)21-15)17(19)20-4-2/h8,11,14-16H,3-7,9H2,1-2H3. The van der Waals surface area contributed by atoms with E-state index in [0.717, 1.165) is 13.0 Å². The summed E-state index contributed by atoms with van der Waals surface area (Å²) in [6.07, 6.45) is 7.25. The van der Waals surface area contributed by atoms with Crippen LogP contribution in [0.4, 0.5) is 0 Å². The molecular formula is C17H23NO3. The second-order valence-corrected chi connectivity index (χ2v) is 6.42. The van der Waals surface area contributed by atoms with Gasteiger partial charge in [0.2, 0.25) is 0 Å². The summed E-state index contributed by atoms with van der Waals surface area (Å²) in [4.78, 5) is 14.8. The van der Waals surface area contributed by atoms with E-state index in [2.05, 4.69) is 17.9 Å². The summed E-state index contributed by atoms with van der Waals surface area (Å²) >= 11 is 0. The van der Waals surface area contributed by atoms with Crippen LogP contribution in [0.3, 0.4) is 0 Å². The zero-order valence-electron chi connectivity index (χ0n) is 12.8. The highest BCUT2D eigenvalue weighted by molar-refractivity contribution is 5.79. The number of hydrogen-bond donors (Lipinski definition) is 0. The quantitative estimate of drug-likeness (QED) is 0.591. The molecule has 2 heterocycles. The van der Waals surface area contributed by atoms with Crippen LogP contribution in [0.25, 0.3) is 0 Å². The summed E-state index contributed by atoms with van der Waals surface area (Å²) in [5, 5.41) is 0. The maximum Gasteiger partial charge on any atom is 0.316 e. The Morgan fingerprint density at radius 2 is 2.33 bits per heavy atom. The molecule has 0 bridgehead atoms. The molecule has 4 rings (SSSR count). The molecule has 4 heteroatoms. The Morgan fingerprint density at radius 1 is 1.48 bits per heavy atom. The number of fused-ring (bicyclic) bond motifs is 2. The molecule has 0 aromatic heterocycles. The Labute approximate surface area is 125 Å². The van der Waals surface area contributed by atoms with E-state index in [9.17, 15) is 4.79 Å². The van der Waals surface area contributed by atoms with Gasteiger partial charge in [0.15, 0.2) is 6.23 Å². The first-order valence-corrected chi connectivity index (χ1v) is 8.26. The second kappa shape index (κ2) is 4.87. The minimum Gasteiger partial charge on any atom is -0.465 e. The lowest BCUT2D eigenvalue weighted by Crippen LogP contribution is -2.40. The first-order chi connectivity index (χ1) is 10.2. The maximum atomic E-state index is 12.4. The number of carbonyl (C=O) groups excluding carboxylic acids is 1. The predicted octanol–water partition coefficient (Wildman–Crippen LogP) is 2.61. The highest BCUT2D eigenvalue weighted by atomic mass is 16.6. The highest BCUT2D eigenvalue weighted by Gasteiger charge is 2.58. The zero-order chi connectivity index (χ0) is 14.6. The molecule has 0 aromatic carbocycles. The van der Waals surface area contributed by atoms with Gasteiger partial charge in [0, 0.05) is 12.2 Å². The van der Waals surface area contributed by atoms with Gasteiger partial charge in [-0.3, -0.25) is 4.79 Å². The van der Waals surface area contributed by atoms with E-state index >= 15 is 0 Å². The third-order valence-electron chi connectivity index (χ3n) is 5.36. The Balaban J connectivity index is 1.73. The van der Waals surface area contributed by atoms with Crippen LogP contribution in [-0.4, -0.2) is 36.4 Å². The Morgan fingerprint density at radius 3 is 3.10 bits per heavy atom. The van der Waals surface area contributed by atoms with E-state index in [4.69, 9.17) is 9.47 Å². The molecule has 2 aliphatic heterocycles. The average Bonchev–Trinajstić information content (AvgIpc) is 3.10. The molecule has 2 aliphatic carbocycles. The Bertz CT molecular complexity index is 536. The Kier molecular flexibility index (Phi) is 3.10. The fraction of sp³-hybridized carbons (Fsp3) is 0.706. The van der Waals surface area contributed by atoms with Gasteiger partial charge >= 0.3 is 5.97 Å². The number of esters is 1. The van der Waals surface area contributed by atoms with Crippen LogP contribution in [0.5, 0.6) is 0 Å². The molecule has 4 aliphatic rings. The fourth-order valence-corrected chi connectivity index (χ4v) is 4.36. The van der Waals surface area contributed by atoms with Crippen LogP contribution in [0.15, 0.2) is 22.9 Å². The molecule has 0 N–H and O–H groups in total. The SMILES string of the molecule is CCOC(=O)C1C2=C(CC3CCCC3=C2)N(CC)C2OC12. The molecule has 21 heavy (non-hydrogen) atoms. The van der Waals surface area contributed by atoms with Crippen molar-refractivity contribution >= 4 is 5.97 Å². The van der Waals surface area contributed by atoms with Crippen molar-refractivity contribution in [1.82, 2.24) is 4.90 Å². The van der Waals surface area contributed by atoms with Gasteiger partial charge in [-0.2, -0.15) is 0 Å². The third-order valence-corrected chi connectivity index (χ3v) is 5.36. The van der Waals surface area contributed by atoms with Crippen molar-refractivity contribution < 1.29 is 14.3 Å². The van der Waals surface area contributed by atoms with Crippen LogP contribution in [0.1, 0.15) is 39.5 Å². The molecular weight excluding hydrogens is 266 g/mol. The summed E-state index contributed by atoms with van der Waals surface area (Å²) in [6, 6.07) is 0. The lowest BCUT2D eigenvalue weighted by molar-refractivity contribution is -0.147. The van der Waals surface area contributed by atoms with Crippen molar-refractivity contribution in [2.24, 2.45) is 11.8 Å². The van der Waals surface area contributed by atoms with Crippen molar-refractivity contribution in [1.29, 1.82) is 0 Å². The molecule has 4 atom stereocenters. The number of rotatable bonds is 3. The second-order valence-electron chi connectivity index (χ2n) is 6.42. The van der Waals surface area contributed by atoms with E-state index in [-0.39, 0.29) is 24.2 Å². The normalized spacial score (nSPS) is 36.7.